The minimum Gasteiger partial charge on any atom is -0.391 e. The van der Waals surface area contributed by atoms with Gasteiger partial charge in [0, 0.05) is 71.1 Å². The number of carbonyl (C=O) groups is 8. The Bertz CT molecular complexity index is 2460. The van der Waals surface area contributed by atoms with Crippen molar-refractivity contribution in [1.82, 2.24) is 36.1 Å². The van der Waals surface area contributed by atoms with Crippen LogP contribution in [0.5, 0.6) is 0 Å². The summed E-state index contributed by atoms with van der Waals surface area (Å²) in [7, 11) is 0. The maximum absolute atomic E-state index is 13.9. The van der Waals surface area contributed by atoms with E-state index in [-0.39, 0.29) is 81.6 Å². The zero-order valence-corrected chi connectivity index (χ0v) is 44.2. The van der Waals surface area contributed by atoms with Crippen LogP contribution in [0, 0.1) is 12.3 Å². The molecule has 21 nitrogen and oxygen atoms in total. The second kappa shape index (κ2) is 28.7. The zero-order chi connectivity index (χ0) is 53.9. The highest BCUT2D eigenvalue weighted by Gasteiger charge is 2.46. The van der Waals surface area contributed by atoms with Crippen molar-refractivity contribution in [3.63, 3.8) is 0 Å². The van der Waals surface area contributed by atoms with E-state index < -0.39 is 65.1 Å². The molecule has 0 spiro atoms. The number of amides is 8. The number of aryl methyl sites for hydroxylation is 1. The third-order valence-electron chi connectivity index (χ3n) is 12.9. The maximum atomic E-state index is 13.9. The summed E-state index contributed by atoms with van der Waals surface area (Å²) in [6, 6.07) is 9.76. The summed E-state index contributed by atoms with van der Waals surface area (Å²) in [4.78, 5) is 110. The Balaban J connectivity index is 0.731. The fourth-order valence-electron chi connectivity index (χ4n) is 8.92. The molecule has 2 fully saturated rings. The smallest absolute Gasteiger partial charge is 0.264 e. The highest BCUT2D eigenvalue weighted by atomic mass is 32.1. The number of hydrogen-bond donors (Lipinski definition) is 6. The molecule has 6 rings (SSSR count). The van der Waals surface area contributed by atoms with Crippen molar-refractivity contribution in [2.45, 2.75) is 116 Å². The van der Waals surface area contributed by atoms with Crippen LogP contribution in [-0.2, 0) is 54.3 Å². The summed E-state index contributed by atoms with van der Waals surface area (Å²) >= 11 is 1.57. The standard InChI is InChI=1S/C53H72N8O13S/c1-34-46(75-33-57-34)36-16-14-35(15-17-36)29-56-48(66)41-28-37(62)30-60(41)52(70)47(53(2,3)4)58-44(65)32-74-25-10-6-8-23-72-27-26-71-22-7-5-9-24-73-31-43(64)55-21-20-54-39-13-11-12-38-45(39)51(69)61(50(38)68)40-18-19-42(63)59-49(40)67/h11-17,33,37,40-41,47,54,62H,5-10,18-32H2,1-4H3,(H,55,64)(H,56,66)(H,58,65)(H,59,63,67). The SMILES string of the molecule is Cc1ncsc1-c1ccc(CNC(=O)C2CC(O)CN2C(=O)C(NC(=O)COCCCCCOCCOCCCCCOCC(=O)NCCNc2cccc3c2C(=O)N(C2CCC(=O)NC2=O)C3=O)C(C)(C)C)cc1. The highest BCUT2D eigenvalue weighted by molar-refractivity contribution is 7.13. The van der Waals surface area contributed by atoms with Crippen molar-refractivity contribution < 1.29 is 62.4 Å². The predicted molar refractivity (Wildman–Crippen MR) is 277 cm³/mol. The van der Waals surface area contributed by atoms with Gasteiger partial charge in [-0.3, -0.25) is 48.6 Å². The van der Waals surface area contributed by atoms with Crippen molar-refractivity contribution in [2.75, 3.05) is 77.8 Å². The number of ether oxygens (including phenoxy) is 4. The van der Waals surface area contributed by atoms with Gasteiger partial charge in [-0.1, -0.05) is 51.1 Å². The quantitative estimate of drug-likeness (QED) is 0.0413. The predicted octanol–water partition coefficient (Wildman–Crippen LogP) is 3.26. The molecule has 2 aromatic carbocycles. The van der Waals surface area contributed by atoms with Crippen molar-refractivity contribution >= 4 is 64.3 Å². The van der Waals surface area contributed by atoms with Gasteiger partial charge in [0.25, 0.3) is 11.8 Å². The molecule has 0 bridgehead atoms. The Labute approximate surface area is 441 Å². The number of imide groups is 2. The maximum Gasteiger partial charge on any atom is 0.264 e. The Morgan fingerprint density at radius 1 is 0.813 bits per heavy atom. The van der Waals surface area contributed by atoms with Gasteiger partial charge in [0.05, 0.1) is 46.5 Å². The monoisotopic (exact) mass is 1060 g/mol. The number of rotatable bonds is 30. The number of aliphatic hydroxyl groups excluding tert-OH is 1. The number of benzene rings is 2. The summed E-state index contributed by atoms with van der Waals surface area (Å²) in [6.45, 7) is 10.8. The molecule has 3 aromatic rings. The first-order valence-electron chi connectivity index (χ1n) is 25.7. The molecule has 0 radical (unpaired) electrons. The van der Waals surface area contributed by atoms with E-state index in [0.717, 1.165) is 65.1 Å². The summed E-state index contributed by atoms with van der Waals surface area (Å²) in [5.74, 6) is -3.86. The Hall–Kier alpha value is -6.17. The normalized spacial score (nSPS) is 18.0. The van der Waals surface area contributed by atoms with Gasteiger partial charge >= 0.3 is 0 Å². The number of hydrogen-bond acceptors (Lipinski definition) is 16. The molecule has 22 heteroatoms. The number of carbonyl (C=O) groups excluding carboxylic acids is 8. The second-order valence-electron chi connectivity index (χ2n) is 19.8. The van der Waals surface area contributed by atoms with Crippen LogP contribution in [0.2, 0.25) is 0 Å². The Morgan fingerprint density at radius 2 is 1.47 bits per heavy atom. The average Bonchev–Trinajstić information content (AvgIpc) is 4.07. The Kier molecular flexibility index (Phi) is 22.2. The lowest BCUT2D eigenvalue weighted by Gasteiger charge is -2.35. The fraction of sp³-hybridized carbons (Fsp3) is 0.566. The van der Waals surface area contributed by atoms with E-state index in [1.807, 2.05) is 57.5 Å². The van der Waals surface area contributed by atoms with Crippen molar-refractivity contribution in [1.29, 1.82) is 0 Å². The van der Waals surface area contributed by atoms with E-state index in [9.17, 15) is 43.5 Å². The molecule has 0 saturated carbocycles. The van der Waals surface area contributed by atoms with Crippen molar-refractivity contribution in [2.24, 2.45) is 5.41 Å². The van der Waals surface area contributed by atoms with Gasteiger partial charge in [-0.2, -0.15) is 0 Å². The van der Waals surface area contributed by atoms with Crippen LogP contribution in [-0.4, -0.2) is 164 Å². The van der Waals surface area contributed by atoms with Crippen molar-refractivity contribution in [3.8, 4) is 10.4 Å². The molecule has 408 valence electrons. The first-order chi connectivity index (χ1) is 36.0. The van der Waals surface area contributed by atoms with E-state index in [2.05, 4.69) is 31.6 Å². The van der Waals surface area contributed by atoms with Crippen LogP contribution >= 0.6 is 11.3 Å². The molecular weight excluding hydrogens is 989 g/mol. The number of aliphatic hydroxyl groups is 1. The van der Waals surface area contributed by atoms with Crippen LogP contribution in [0.4, 0.5) is 5.69 Å². The number of thiazole rings is 1. The molecule has 3 aliphatic heterocycles. The summed E-state index contributed by atoms with van der Waals surface area (Å²) in [5, 5.41) is 24.3. The lowest BCUT2D eigenvalue weighted by atomic mass is 9.85. The number of anilines is 1. The molecule has 6 N–H and O–H groups in total. The number of likely N-dealkylation sites (tertiary alicyclic amines) is 1. The second-order valence-corrected chi connectivity index (χ2v) is 20.7. The van der Waals surface area contributed by atoms with Gasteiger partial charge in [0.1, 0.15) is 31.3 Å². The first-order valence-corrected chi connectivity index (χ1v) is 26.6. The summed E-state index contributed by atoms with van der Waals surface area (Å²) < 4.78 is 22.5. The molecule has 0 aliphatic carbocycles. The fourth-order valence-corrected chi connectivity index (χ4v) is 9.73. The molecule has 4 unspecified atom stereocenters. The van der Waals surface area contributed by atoms with Crippen LogP contribution in [0.15, 0.2) is 48.0 Å². The minimum absolute atomic E-state index is 0.0130. The van der Waals surface area contributed by atoms with E-state index >= 15 is 0 Å². The van der Waals surface area contributed by atoms with Crippen LogP contribution in [0.1, 0.15) is 111 Å². The van der Waals surface area contributed by atoms with Crippen molar-refractivity contribution in [3.05, 3.63) is 70.4 Å². The van der Waals surface area contributed by atoms with Gasteiger partial charge in [-0.05, 0) is 80.5 Å². The molecule has 2 saturated heterocycles. The number of piperidine rings is 1. The van der Waals surface area contributed by atoms with Crippen LogP contribution in [0.25, 0.3) is 10.4 Å². The molecular formula is C53H72N8O13S. The van der Waals surface area contributed by atoms with Gasteiger partial charge in [-0.25, -0.2) is 4.98 Å². The number of fused-ring (bicyclic) bond motifs is 1. The largest absolute Gasteiger partial charge is 0.391 e. The van der Waals surface area contributed by atoms with E-state index in [4.69, 9.17) is 18.9 Å². The highest BCUT2D eigenvalue weighted by Crippen LogP contribution is 2.33. The lowest BCUT2D eigenvalue weighted by molar-refractivity contribution is -0.144. The molecule has 1 aromatic heterocycles. The third-order valence-corrected chi connectivity index (χ3v) is 13.9. The van der Waals surface area contributed by atoms with Crippen LogP contribution in [0.3, 0.4) is 0 Å². The van der Waals surface area contributed by atoms with Gasteiger partial charge in [0.2, 0.25) is 35.4 Å². The number of β-amino-alcohol motifs (C(OH)–C–C–N with tert-alkyl or cyclic N) is 1. The van der Waals surface area contributed by atoms with Gasteiger partial charge in [0.15, 0.2) is 0 Å². The van der Waals surface area contributed by atoms with E-state index in [1.165, 1.54) is 11.0 Å². The molecule has 4 atom stereocenters. The van der Waals surface area contributed by atoms with E-state index in [1.54, 1.807) is 23.5 Å². The summed E-state index contributed by atoms with van der Waals surface area (Å²) in [5.41, 5.74) is 4.74. The van der Waals surface area contributed by atoms with Gasteiger partial charge in [-0.15, -0.1) is 11.3 Å². The molecule has 4 heterocycles. The Morgan fingerprint density at radius 3 is 2.09 bits per heavy atom. The van der Waals surface area contributed by atoms with Crippen LogP contribution < -0.4 is 26.6 Å². The summed E-state index contributed by atoms with van der Waals surface area (Å²) in [6.07, 6.45) is 4.18. The van der Waals surface area contributed by atoms with E-state index in [0.29, 0.717) is 45.3 Å². The molecule has 8 amide bonds. The average molecular weight is 1060 g/mol. The number of nitrogens with zero attached hydrogens (tertiary/aromatic N) is 3. The molecule has 3 aliphatic rings. The zero-order valence-electron chi connectivity index (χ0n) is 43.4. The number of unbranched alkanes of at least 4 members (excludes halogenated alkanes) is 4. The van der Waals surface area contributed by atoms with Gasteiger partial charge < -0.3 is 50.2 Å². The third kappa shape index (κ3) is 16.9. The number of nitrogens with one attached hydrogen (secondary N) is 5. The lowest BCUT2D eigenvalue weighted by Crippen LogP contribution is -2.58. The topological polar surface area (TPSA) is 273 Å². The minimum atomic E-state index is -1.05. The number of aromatic nitrogens is 1. The first kappa shape index (κ1) is 58.1. The molecule has 75 heavy (non-hydrogen) atoms.